The summed E-state index contributed by atoms with van der Waals surface area (Å²) in [7, 11) is 0. The number of carbonyl (C=O) groups is 3. The highest BCUT2D eigenvalue weighted by Crippen LogP contribution is 2.29. The number of anilines is 2. The van der Waals surface area contributed by atoms with E-state index >= 15 is 0 Å². The van der Waals surface area contributed by atoms with Gasteiger partial charge in [-0.15, -0.1) is 0 Å². The number of amides is 1. The van der Waals surface area contributed by atoms with Gasteiger partial charge in [-0.2, -0.15) is 13.2 Å². The van der Waals surface area contributed by atoms with Crippen molar-refractivity contribution in [2.24, 2.45) is 0 Å². The van der Waals surface area contributed by atoms with Crippen LogP contribution >= 0.6 is 0 Å². The third kappa shape index (κ3) is 8.12. The first-order chi connectivity index (χ1) is 16.9. The van der Waals surface area contributed by atoms with Crippen LogP contribution in [-0.2, 0) is 11.3 Å². The molecule has 3 N–H and O–H groups in total. The Morgan fingerprint density at radius 3 is 1.94 bits per heavy atom. The average molecular weight is 506 g/mol. The number of aromatic carboxylic acids is 1. The van der Waals surface area contributed by atoms with E-state index in [1.165, 1.54) is 36.4 Å². The summed E-state index contributed by atoms with van der Waals surface area (Å²) in [6, 6.07) is 19.7. The molecular weight excluding hydrogens is 484 g/mol. The molecule has 0 aromatic heterocycles. The van der Waals surface area contributed by atoms with Crippen LogP contribution in [0.3, 0.4) is 0 Å². The Morgan fingerprint density at radius 2 is 1.44 bits per heavy atom. The minimum absolute atomic E-state index is 0.0684. The Balaban J connectivity index is 0.000000572. The van der Waals surface area contributed by atoms with Gasteiger partial charge in [0.05, 0.1) is 16.9 Å². The molecule has 11 heteroatoms. The van der Waals surface area contributed by atoms with Gasteiger partial charge in [0, 0.05) is 18.7 Å². The standard InChI is InChI=1S/C23H21FN2O3.C2HF3O2/c1-2-26(15-16-6-4-3-5-7-16)21-13-10-18(23(28)29)14-20(21)25-22(27)17-8-11-19(24)12-9-17;3-2(4,5)1(6)7/h3-14H,2,15H2,1H3,(H,25,27)(H,28,29);(H,6,7). The fraction of sp³-hybridized carbons (Fsp3) is 0.160. The van der Waals surface area contributed by atoms with Crippen molar-refractivity contribution in [1.82, 2.24) is 0 Å². The molecule has 0 aliphatic rings. The van der Waals surface area contributed by atoms with E-state index in [1.807, 2.05) is 42.2 Å². The van der Waals surface area contributed by atoms with Crippen LogP contribution in [0.2, 0.25) is 0 Å². The van der Waals surface area contributed by atoms with Gasteiger partial charge in [0.15, 0.2) is 0 Å². The zero-order chi connectivity index (χ0) is 26.9. The third-order valence-corrected chi connectivity index (χ3v) is 4.78. The molecule has 3 rings (SSSR count). The summed E-state index contributed by atoms with van der Waals surface area (Å²) in [4.78, 5) is 35.0. The molecule has 0 spiro atoms. The van der Waals surface area contributed by atoms with Crippen molar-refractivity contribution in [3.8, 4) is 0 Å². The second-order valence-corrected chi connectivity index (χ2v) is 7.30. The molecule has 0 radical (unpaired) electrons. The SMILES string of the molecule is CCN(Cc1ccccc1)c1ccc(C(=O)O)cc1NC(=O)c1ccc(F)cc1.O=C(O)C(F)(F)F. The predicted octanol–water partition coefficient (Wildman–Crippen LogP) is 5.44. The summed E-state index contributed by atoms with van der Waals surface area (Å²) in [5.41, 5.74) is 2.53. The Labute approximate surface area is 203 Å². The van der Waals surface area contributed by atoms with Crippen LogP contribution in [0.4, 0.5) is 28.9 Å². The molecule has 0 bridgehead atoms. The Bertz CT molecular complexity index is 1200. The minimum atomic E-state index is -5.08. The number of carboxylic acids is 2. The molecule has 0 fully saturated rings. The lowest BCUT2D eigenvalue weighted by molar-refractivity contribution is -0.192. The largest absolute Gasteiger partial charge is 0.490 e. The Hall–Kier alpha value is -4.41. The van der Waals surface area contributed by atoms with Gasteiger partial charge in [-0.25, -0.2) is 14.0 Å². The number of nitrogens with zero attached hydrogens (tertiary/aromatic N) is 1. The van der Waals surface area contributed by atoms with E-state index in [-0.39, 0.29) is 11.1 Å². The van der Waals surface area contributed by atoms with Crippen molar-refractivity contribution >= 4 is 29.2 Å². The molecular formula is C25H22F4N2O5. The number of benzene rings is 3. The normalized spacial score (nSPS) is 10.6. The lowest BCUT2D eigenvalue weighted by atomic mass is 10.1. The van der Waals surface area contributed by atoms with Gasteiger partial charge in [-0.05, 0) is 55.0 Å². The molecule has 0 atom stereocenters. The van der Waals surface area contributed by atoms with Crippen molar-refractivity contribution in [3.05, 3.63) is 95.3 Å². The van der Waals surface area contributed by atoms with Crippen LogP contribution in [0.1, 0.15) is 33.2 Å². The van der Waals surface area contributed by atoms with Gasteiger partial charge in [0.25, 0.3) is 5.91 Å². The highest BCUT2D eigenvalue weighted by atomic mass is 19.4. The second kappa shape index (κ2) is 12.3. The second-order valence-electron chi connectivity index (χ2n) is 7.30. The van der Waals surface area contributed by atoms with E-state index in [1.54, 1.807) is 6.07 Å². The van der Waals surface area contributed by atoms with E-state index in [0.29, 0.717) is 24.5 Å². The Kier molecular flexibility index (Phi) is 9.54. The van der Waals surface area contributed by atoms with Crippen molar-refractivity contribution < 1.29 is 42.2 Å². The first-order valence-electron chi connectivity index (χ1n) is 10.5. The van der Waals surface area contributed by atoms with Gasteiger partial charge in [-0.3, -0.25) is 4.79 Å². The molecule has 1 amide bonds. The molecule has 0 heterocycles. The molecule has 0 aliphatic heterocycles. The maximum atomic E-state index is 13.1. The van der Waals surface area contributed by atoms with Crippen molar-refractivity contribution in [1.29, 1.82) is 0 Å². The van der Waals surface area contributed by atoms with E-state index < -0.39 is 29.8 Å². The lowest BCUT2D eigenvalue weighted by Crippen LogP contribution is -2.24. The average Bonchev–Trinajstić information content (AvgIpc) is 2.83. The summed E-state index contributed by atoms with van der Waals surface area (Å²) in [5, 5.41) is 19.2. The zero-order valence-corrected chi connectivity index (χ0v) is 18.9. The van der Waals surface area contributed by atoms with Crippen LogP contribution in [0.15, 0.2) is 72.8 Å². The van der Waals surface area contributed by atoms with Crippen molar-refractivity contribution in [3.63, 3.8) is 0 Å². The van der Waals surface area contributed by atoms with Crippen LogP contribution in [-0.4, -0.2) is 40.8 Å². The molecule has 3 aromatic rings. The fourth-order valence-electron chi connectivity index (χ4n) is 3.01. The highest BCUT2D eigenvalue weighted by molar-refractivity contribution is 6.06. The number of alkyl halides is 3. The van der Waals surface area contributed by atoms with Crippen molar-refractivity contribution in [2.45, 2.75) is 19.6 Å². The summed E-state index contributed by atoms with van der Waals surface area (Å²) < 4.78 is 44.9. The van der Waals surface area contributed by atoms with Crippen LogP contribution in [0, 0.1) is 5.82 Å². The molecule has 0 saturated carbocycles. The smallest absolute Gasteiger partial charge is 0.478 e. The first kappa shape index (κ1) is 27.8. The number of rotatable bonds is 7. The zero-order valence-electron chi connectivity index (χ0n) is 18.9. The van der Waals surface area contributed by atoms with Gasteiger partial charge < -0.3 is 20.4 Å². The van der Waals surface area contributed by atoms with Crippen LogP contribution in [0.25, 0.3) is 0 Å². The van der Waals surface area contributed by atoms with E-state index in [2.05, 4.69) is 5.32 Å². The number of aliphatic carboxylic acids is 1. The van der Waals surface area contributed by atoms with Crippen LogP contribution in [0.5, 0.6) is 0 Å². The fourth-order valence-corrected chi connectivity index (χ4v) is 3.01. The summed E-state index contributed by atoms with van der Waals surface area (Å²) in [5.74, 6) is -4.72. The monoisotopic (exact) mass is 506 g/mol. The summed E-state index contributed by atoms with van der Waals surface area (Å²) in [6.07, 6.45) is -5.08. The number of nitrogens with one attached hydrogen (secondary N) is 1. The topological polar surface area (TPSA) is 107 Å². The van der Waals surface area contributed by atoms with E-state index in [9.17, 15) is 32.3 Å². The van der Waals surface area contributed by atoms with Gasteiger partial charge in [0.1, 0.15) is 5.82 Å². The number of carbonyl (C=O) groups excluding carboxylic acids is 1. The predicted molar refractivity (Wildman–Crippen MR) is 125 cm³/mol. The Morgan fingerprint density at radius 1 is 0.889 bits per heavy atom. The van der Waals surface area contributed by atoms with E-state index in [0.717, 1.165) is 5.56 Å². The molecule has 0 aliphatic carbocycles. The van der Waals surface area contributed by atoms with E-state index in [4.69, 9.17) is 9.90 Å². The quantitative estimate of drug-likeness (QED) is 0.369. The number of halogens is 4. The number of hydrogen-bond acceptors (Lipinski definition) is 4. The first-order valence-corrected chi connectivity index (χ1v) is 10.5. The number of hydrogen-bond donors (Lipinski definition) is 3. The maximum absolute atomic E-state index is 13.1. The van der Waals surface area contributed by atoms with Gasteiger partial charge >= 0.3 is 18.1 Å². The summed E-state index contributed by atoms with van der Waals surface area (Å²) in [6.45, 7) is 3.24. The highest BCUT2D eigenvalue weighted by Gasteiger charge is 2.38. The molecule has 0 unspecified atom stereocenters. The lowest BCUT2D eigenvalue weighted by Gasteiger charge is -2.26. The van der Waals surface area contributed by atoms with Gasteiger partial charge in [-0.1, -0.05) is 30.3 Å². The number of carboxylic acid groups (broad SMARTS) is 2. The molecule has 7 nitrogen and oxygen atoms in total. The molecule has 3 aromatic carbocycles. The molecule has 36 heavy (non-hydrogen) atoms. The van der Waals surface area contributed by atoms with Gasteiger partial charge in [0.2, 0.25) is 0 Å². The maximum Gasteiger partial charge on any atom is 0.490 e. The molecule has 0 saturated heterocycles. The summed E-state index contributed by atoms with van der Waals surface area (Å²) >= 11 is 0. The van der Waals surface area contributed by atoms with Crippen molar-refractivity contribution in [2.75, 3.05) is 16.8 Å². The molecule has 190 valence electrons. The van der Waals surface area contributed by atoms with Crippen LogP contribution < -0.4 is 10.2 Å². The third-order valence-electron chi connectivity index (χ3n) is 4.78. The minimum Gasteiger partial charge on any atom is -0.478 e.